The van der Waals surface area contributed by atoms with Crippen LogP contribution in [0.4, 0.5) is 0 Å². The third kappa shape index (κ3) is 4.16. The minimum absolute atomic E-state index is 0.0920. The van der Waals surface area contributed by atoms with Crippen molar-refractivity contribution in [1.82, 2.24) is 4.57 Å². The molecule has 29 heavy (non-hydrogen) atoms. The van der Waals surface area contributed by atoms with E-state index in [0.29, 0.717) is 24.7 Å². The van der Waals surface area contributed by atoms with Crippen LogP contribution in [0, 0.1) is 5.92 Å². The van der Waals surface area contributed by atoms with E-state index in [1.807, 2.05) is 16.7 Å². The zero-order valence-electron chi connectivity index (χ0n) is 17.5. The molecule has 0 spiro atoms. The van der Waals surface area contributed by atoms with Gasteiger partial charge >= 0.3 is 5.97 Å². The largest absolute Gasteiger partial charge is 0.493 e. The van der Waals surface area contributed by atoms with Crippen LogP contribution < -0.4 is 14.9 Å². The van der Waals surface area contributed by atoms with Crippen molar-refractivity contribution in [2.75, 3.05) is 13.2 Å². The van der Waals surface area contributed by atoms with Crippen molar-refractivity contribution in [1.29, 1.82) is 0 Å². The molecule has 0 saturated carbocycles. The number of nitrogens with zero attached hydrogens (tertiary/aromatic N) is 1. The van der Waals surface area contributed by atoms with Gasteiger partial charge in [0, 0.05) is 23.9 Å². The van der Waals surface area contributed by atoms with Gasteiger partial charge in [-0.3, -0.25) is 4.79 Å². The van der Waals surface area contributed by atoms with Crippen LogP contribution in [0.25, 0.3) is 11.3 Å². The number of ether oxygens (including phenoxy) is 2. The summed E-state index contributed by atoms with van der Waals surface area (Å²) >= 11 is 0. The van der Waals surface area contributed by atoms with E-state index in [9.17, 15) is 14.7 Å². The second-order valence-electron chi connectivity index (χ2n) is 7.78. The second-order valence-corrected chi connectivity index (χ2v) is 7.78. The molecule has 0 radical (unpaired) electrons. The molecule has 1 aromatic heterocycles. The number of aromatic nitrogens is 1. The van der Waals surface area contributed by atoms with Crippen molar-refractivity contribution in [2.45, 2.75) is 53.0 Å². The second kappa shape index (κ2) is 8.72. The summed E-state index contributed by atoms with van der Waals surface area (Å²) in [6, 6.07) is 5.24. The highest BCUT2D eigenvalue weighted by atomic mass is 16.5. The lowest BCUT2D eigenvalue weighted by atomic mass is 10.0. The molecule has 0 unspecified atom stereocenters. The van der Waals surface area contributed by atoms with E-state index in [4.69, 9.17) is 9.47 Å². The average Bonchev–Trinajstić information content (AvgIpc) is 2.83. The summed E-state index contributed by atoms with van der Waals surface area (Å²) in [6.45, 7) is 9.33. The van der Waals surface area contributed by atoms with Crippen molar-refractivity contribution >= 4 is 5.97 Å². The fourth-order valence-corrected chi connectivity index (χ4v) is 3.63. The van der Waals surface area contributed by atoms with Gasteiger partial charge in [-0.2, -0.15) is 0 Å². The molecule has 0 aliphatic carbocycles. The van der Waals surface area contributed by atoms with E-state index in [1.165, 1.54) is 12.3 Å². The van der Waals surface area contributed by atoms with E-state index in [1.54, 1.807) is 0 Å². The molecule has 1 aliphatic heterocycles. The number of hydrogen-bond donors (Lipinski definition) is 1. The van der Waals surface area contributed by atoms with E-state index in [0.717, 1.165) is 36.1 Å². The first-order valence-electron chi connectivity index (χ1n) is 10.3. The summed E-state index contributed by atoms with van der Waals surface area (Å²) in [6.07, 6.45) is 4.27. The number of benzene rings is 1. The molecule has 0 saturated heterocycles. The molecule has 3 rings (SSSR count). The average molecular weight is 399 g/mol. The Balaban J connectivity index is 2.19. The number of fused-ring (bicyclic) bond motifs is 3. The summed E-state index contributed by atoms with van der Waals surface area (Å²) < 4.78 is 14.0. The maximum atomic E-state index is 12.5. The highest BCUT2D eigenvalue weighted by Crippen LogP contribution is 2.40. The molecular weight excluding hydrogens is 370 g/mol. The number of hydrogen-bond acceptors (Lipinski definition) is 4. The zero-order chi connectivity index (χ0) is 21.1. The Morgan fingerprint density at radius 3 is 2.69 bits per heavy atom. The number of carboxylic acid groups (broad SMARTS) is 1. The Bertz CT molecular complexity index is 960. The highest BCUT2D eigenvalue weighted by molar-refractivity contribution is 5.87. The van der Waals surface area contributed by atoms with Crippen molar-refractivity contribution in [3.63, 3.8) is 0 Å². The number of pyridine rings is 1. The molecule has 1 atom stereocenters. The first-order valence-corrected chi connectivity index (χ1v) is 10.3. The summed E-state index contributed by atoms with van der Waals surface area (Å²) in [5, 5.41) is 9.42. The number of unbranched alkanes of at least 4 members (excludes halogenated alkanes) is 1. The topological polar surface area (TPSA) is 77.8 Å². The van der Waals surface area contributed by atoms with Gasteiger partial charge in [0.1, 0.15) is 23.7 Å². The van der Waals surface area contributed by atoms with Gasteiger partial charge in [-0.1, -0.05) is 34.1 Å². The van der Waals surface area contributed by atoms with Crippen LogP contribution >= 0.6 is 0 Å². The van der Waals surface area contributed by atoms with Crippen molar-refractivity contribution in [2.24, 2.45) is 5.92 Å². The first kappa shape index (κ1) is 21.0. The predicted molar refractivity (Wildman–Crippen MR) is 112 cm³/mol. The molecule has 0 bridgehead atoms. The Labute approximate surface area is 171 Å². The lowest BCUT2D eigenvalue weighted by molar-refractivity contribution is 0.0694. The summed E-state index contributed by atoms with van der Waals surface area (Å²) in [7, 11) is 0. The summed E-state index contributed by atoms with van der Waals surface area (Å²) in [5.74, 6) is 0.442. The Morgan fingerprint density at radius 1 is 1.31 bits per heavy atom. The molecule has 2 heterocycles. The van der Waals surface area contributed by atoms with Crippen molar-refractivity contribution in [3.8, 4) is 22.8 Å². The molecule has 156 valence electrons. The van der Waals surface area contributed by atoms with Gasteiger partial charge in [0.25, 0.3) is 0 Å². The van der Waals surface area contributed by atoms with Gasteiger partial charge in [0.2, 0.25) is 0 Å². The molecule has 2 aromatic rings. The Morgan fingerprint density at radius 2 is 2.07 bits per heavy atom. The third-order valence-corrected chi connectivity index (χ3v) is 5.42. The minimum atomic E-state index is -1.22. The maximum absolute atomic E-state index is 12.5. The van der Waals surface area contributed by atoms with E-state index in [2.05, 4.69) is 27.7 Å². The minimum Gasteiger partial charge on any atom is -0.493 e. The molecule has 6 nitrogen and oxygen atoms in total. The fourth-order valence-electron chi connectivity index (χ4n) is 3.63. The van der Waals surface area contributed by atoms with Crippen LogP contribution in [0.2, 0.25) is 0 Å². The van der Waals surface area contributed by atoms with E-state index >= 15 is 0 Å². The van der Waals surface area contributed by atoms with Crippen LogP contribution in [0.15, 0.2) is 29.2 Å². The molecule has 1 aromatic carbocycles. The number of aryl methyl sites for hydroxylation is 1. The fraction of sp³-hybridized carbons (Fsp3) is 0.478. The van der Waals surface area contributed by atoms with Crippen LogP contribution in [0.3, 0.4) is 0 Å². The summed E-state index contributed by atoms with van der Waals surface area (Å²) in [5.41, 5.74) is 1.79. The first-order chi connectivity index (χ1) is 13.9. The van der Waals surface area contributed by atoms with Gasteiger partial charge < -0.3 is 19.1 Å². The standard InChI is InChI=1S/C23H29NO5/c1-5-7-8-28-21-11-22-16(9-15(21)6-2)18-10-20(25)17(23(26)27)12-24(18)19(13-29-22)14(3)4/h9-12,14,19H,5-8,13H2,1-4H3,(H,26,27)/t19-/m0/s1. The Kier molecular flexibility index (Phi) is 6.30. The molecule has 1 aliphatic rings. The normalized spacial score (nSPS) is 15.3. The smallest absolute Gasteiger partial charge is 0.341 e. The van der Waals surface area contributed by atoms with Gasteiger partial charge in [-0.15, -0.1) is 0 Å². The quantitative estimate of drug-likeness (QED) is 0.692. The maximum Gasteiger partial charge on any atom is 0.341 e. The van der Waals surface area contributed by atoms with Gasteiger partial charge in [-0.25, -0.2) is 4.79 Å². The Hall–Kier alpha value is -2.76. The molecule has 0 fully saturated rings. The van der Waals surface area contributed by atoms with Crippen LogP contribution in [-0.4, -0.2) is 28.9 Å². The molecular formula is C23H29NO5. The van der Waals surface area contributed by atoms with Crippen LogP contribution in [0.1, 0.15) is 62.5 Å². The van der Waals surface area contributed by atoms with E-state index in [-0.39, 0.29) is 17.5 Å². The van der Waals surface area contributed by atoms with Crippen molar-refractivity contribution < 1.29 is 19.4 Å². The van der Waals surface area contributed by atoms with Crippen LogP contribution in [-0.2, 0) is 6.42 Å². The number of carboxylic acids is 1. The number of carbonyl (C=O) groups is 1. The monoisotopic (exact) mass is 399 g/mol. The molecule has 0 amide bonds. The number of rotatable bonds is 7. The lowest BCUT2D eigenvalue weighted by Gasteiger charge is -2.24. The van der Waals surface area contributed by atoms with E-state index < -0.39 is 11.4 Å². The van der Waals surface area contributed by atoms with Gasteiger partial charge in [0.05, 0.1) is 18.3 Å². The van der Waals surface area contributed by atoms with Gasteiger partial charge in [0.15, 0.2) is 5.43 Å². The van der Waals surface area contributed by atoms with Crippen molar-refractivity contribution in [3.05, 3.63) is 45.7 Å². The molecule has 1 N–H and O–H groups in total. The molecule has 6 heteroatoms. The lowest BCUT2D eigenvalue weighted by Crippen LogP contribution is -2.25. The number of aromatic carboxylic acids is 1. The SMILES string of the molecule is CCCCOc1cc2c(cc1CC)-c1cc(=O)c(C(=O)O)cn1[C@H](C(C)C)CO2. The summed E-state index contributed by atoms with van der Waals surface area (Å²) in [4.78, 5) is 24.0. The van der Waals surface area contributed by atoms with Gasteiger partial charge in [-0.05, 0) is 30.4 Å². The zero-order valence-corrected chi connectivity index (χ0v) is 17.5. The predicted octanol–water partition coefficient (Wildman–Crippen LogP) is 4.54. The third-order valence-electron chi connectivity index (χ3n) is 5.42. The highest BCUT2D eigenvalue weighted by Gasteiger charge is 2.27. The van der Waals surface area contributed by atoms with Crippen LogP contribution in [0.5, 0.6) is 11.5 Å².